The van der Waals surface area contributed by atoms with Crippen LogP contribution in [-0.2, 0) is 0 Å². The summed E-state index contributed by atoms with van der Waals surface area (Å²) in [6.45, 7) is 4.35. The second kappa shape index (κ2) is 7.53. The topological polar surface area (TPSA) is 48.2 Å². The van der Waals surface area contributed by atoms with Crippen LogP contribution in [0, 0.1) is 0 Å². The highest BCUT2D eigenvalue weighted by molar-refractivity contribution is 6.30. The molecule has 0 fully saturated rings. The minimum Gasteiger partial charge on any atom is -0.496 e. The summed E-state index contributed by atoms with van der Waals surface area (Å²) in [7, 11) is 1.59. The van der Waals surface area contributed by atoms with E-state index in [0.29, 0.717) is 34.0 Å². The third-order valence-corrected chi connectivity index (χ3v) is 4.10. The molecule has 0 unspecified atom stereocenters. The van der Waals surface area contributed by atoms with Gasteiger partial charge >= 0.3 is 0 Å². The molecule has 0 spiro atoms. The summed E-state index contributed by atoms with van der Waals surface area (Å²) < 4.78 is 10.6. The molecule has 1 heterocycles. The SMILES string of the molecule is COc1ccc(Cl)cc1-c1noc(/C=C\c2ccc(C(C)C)cc2)n1. The van der Waals surface area contributed by atoms with E-state index in [9.17, 15) is 0 Å². The molecule has 0 saturated carbocycles. The van der Waals surface area contributed by atoms with Gasteiger partial charge in [0.05, 0.1) is 12.7 Å². The molecule has 5 heteroatoms. The zero-order valence-electron chi connectivity index (χ0n) is 14.4. The molecule has 0 radical (unpaired) electrons. The average molecular weight is 355 g/mol. The van der Waals surface area contributed by atoms with E-state index in [1.54, 1.807) is 31.4 Å². The van der Waals surface area contributed by atoms with E-state index in [0.717, 1.165) is 5.56 Å². The van der Waals surface area contributed by atoms with Crippen molar-refractivity contribution in [3.8, 4) is 17.1 Å². The minimum absolute atomic E-state index is 0.421. The maximum Gasteiger partial charge on any atom is 0.250 e. The standard InChI is InChI=1S/C20H19ClN2O2/c1-13(2)15-7-4-14(5-8-15)6-11-19-22-20(23-25-19)17-12-16(21)9-10-18(17)24-3/h4-13H,1-3H3/b11-6-. The number of hydrogen-bond acceptors (Lipinski definition) is 4. The fourth-order valence-electron chi connectivity index (χ4n) is 2.43. The van der Waals surface area contributed by atoms with Gasteiger partial charge in [0.1, 0.15) is 5.75 Å². The highest BCUT2D eigenvalue weighted by Gasteiger charge is 2.13. The Balaban J connectivity index is 1.81. The molecule has 0 amide bonds. The van der Waals surface area contributed by atoms with E-state index < -0.39 is 0 Å². The minimum atomic E-state index is 0.421. The van der Waals surface area contributed by atoms with Gasteiger partial charge in [0.2, 0.25) is 5.82 Å². The number of benzene rings is 2. The molecule has 0 bridgehead atoms. The second-order valence-electron chi connectivity index (χ2n) is 5.96. The number of halogens is 1. The Morgan fingerprint density at radius 3 is 2.52 bits per heavy atom. The summed E-state index contributed by atoms with van der Waals surface area (Å²) in [5, 5.41) is 4.60. The lowest BCUT2D eigenvalue weighted by molar-refractivity contribution is 0.406. The largest absolute Gasteiger partial charge is 0.496 e. The lowest BCUT2D eigenvalue weighted by Crippen LogP contribution is -1.89. The van der Waals surface area contributed by atoms with Crippen LogP contribution >= 0.6 is 11.6 Å². The average Bonchev–Trinajstić information content (AvgIpc) is 3.09. The Kier molecular flexibility index (Phi) is 5.19. The normalized spacial score (nSPS) is 11.4. The van der Waals surface area contributed by atoms with Gasteiger partial charge in [-0.3, -0.25) is 0 Å². The number of nitrogens with zero attached hydrogens (tertiary/aromatic N) is 2. The van der Waals surface area contributed by atoms with Crippen LogP contribution in [0.3, 0.4) is 0 Å². The zero-order chi connectivity index (χ0) is 17.8. The van der Waals surface area contributed by atoms with E-state index in [2.05, 4.69) is 48.3 Å². The first-order chi connectivity index (χ1) is 12.1. The Labute approximate surface area is 152 Å². The van der Waals surface area contributed by atoms with Gasteiger partial charge in [-0.05, 0) is 41.3 Å². The van der Waals surface area contributed by atoms with Gasteiger partial charge in [-0.1, -0.05) is 54.9 Å². The number of ether oxygens (including phenoxy) is 1. The Morgan fingerprint density at radius 2 is 1.84 bits per heavy atom. The van der Waals surface area contributed by atoms with Crippen LogP contribution in [0.2, 0.25) is 5.02 Å². The summed E-state index contributed by atoms with van der Waals surface area (Å²) in [5.74, 6) is 2.02. The molecule has 0 aliphatic rings. The molecule has 25 heavy (non-hydrogen) atoms. The Morgan fingerprint density at radius 1 is 1.08 bits per heavy atom. The molecule has 0 atom stereocenters. The van der Waals surface area contributed by atoms with Crippen LogP contribution in [0.4, 0.5) is 0 Å². The summed E-state index contributed by atoms with van der Waals surface area (Å²) in [4.78, 5) is 4.39. The first-order valence-corrected chi connectivity index (χ1v) is 8.40. The predicted molar refractivity (Wildman–Crippen MR) is 101 cm³/mol. The van der Waals surface area contributed by atoms with E-state index >= 15 is 0 Å². The van der Waals surface area contributed by atoms with Gasteiger partial charge in [-0.15, -0.1) is 0 Å². The quantitative estimate of drug-likeness (QED) is 0.590. The molecule has 3 aromatic rings. The van der Waals surface area contributed by atoms with E-state index in [1.165, 1.54) is 5.56 Å². The maximum atomic E-state index is 6.05. The molecule has 1 aromatic heterocycles. The van der Waals surface area contributed by atoms with Gasteiger partial charge in [0.15, 0.2) is 0 Å². The molecule has 0 aliphatic heterocycles. The van der Waals surface area contributed by atoms with Crippen molar-refractivity contribution in [1.29, 1.82) is 0 Å². The van der Waals surface area contributed by atoms with Crippen molar-refractivity contribution in [3.63, 3.8) is 0 Å². The summed E-state index contributed by atoms with van der Waals surface area (Å²) in [5.41, 5.74) is 3.08. The van der Waals surface area contributed by atoms with Crippen LogP contribution in [0.15, 0.2) is 47.0 Å². The molecule has 0 saturated heterocycles. The van der Waals surface area contributed by atoms with Crippen molar-refractivity contribution in [2.75, 3.05) is 7.11 Å². The number of rotatable bonds is 5. The number of hydrogen-bond donors (Lipinski definition) is 0. The highest BCUT2D eigenvalue weighted by atomic mass is 35.5. The summed E-state index contributed by atoms with van der Waals surface area (Å²) in [6.07, 6.45) is 3.73. The second-order valence-corrected chi connectivity index (χ2v) is 6.39. The first-order valence-electron chi connectivity index (χ1n) is 8.02. The van der Waals surface area contributed by atoms with Crippen molar-refractivity contribution in [3.05, 3.63) is 64.5 Å². The summed E-state index contributed by atoms with van der Waals surface area (Å²) in [6, 6.07) is 13.7. The fourth-order valence-corrected chi connectivity index (χ4v) is 2.60. The first kappa shape index (κ1) is 17.2. The number of aromatic nitrogens is 2. The molecular formula is C20H19ClN2O2. The summed E-state index contributed by atoms with van der Waals surface area (Å²) >= 11 is 6.05. The molecule has 128 valence electrons. The Bertz CT molecular complexity index is 883. The van der Waals surface area contributed by atoms with Crippen molar-refractivity contribution < 1.29 is 9.26 Å². The lowest BCUT2D eigenvalue weighted by atomic mass is 10.0. The highest BCUT2D eigenvalue weighted by Crippen LogP contribution is 2.30. The molecule has 3 rings (SSSR count). The Hall–Kier alpha value is -2.59. The molecule has 0 aliphatic carbocycles. The van der Waals surface area contributed by atoms with Crippen LogP contribution < -0.4 is 4.74 Å². The van der Waals surface area contributed by atoms with Gasteiger partial charge < -0.3 is 9.26 Å². The van der Waals surface area contributed by atoms with Crippen LogP contribution in [-0.4, -0.2) is 17.3 Å². The molecule has 2 aromatic carbocycles. The van der Waals surface area contributed by atoms with Crippen LogP contribution in [0.5, 0.6) is 5.75 Å². The van der Waals surface area contributed by atoms with Crippen molar-refractivity contribution >= 4 is 23.8 Å². The van der Waals surface area contributed by atoms with Gasteiger partial charge in [-0.2, -0.15) is 4.98 Å². The van der Waals surface area contributed by atoms with Crippen molar-refractivity contribution in [2.24, 2.45) is 0 Å². The smallest absolute Gasteiger partial charge is 0.250 e. The van der Waals surface area contributed by atoms with Crippen LogP contribution in [0.1, 0.15) is 36.8 Å². The molecule has 0 N–H and O–H groups in total. The van der Waals surface area contributed by atoms with E-state index in [4.69, 9.17) is 20.9 Å². The number of methoxy groups -OCH3 is 1. The predicted octanol–water partition coefficient (Wildman–Crippen LogP) is 5.69. The van der Waals surface area contributed by atoms with Gasteiger partial charge in [0, 0.05) is 11.1 Å². The van der Waals surface area contributed by atoms with Crippen molar-refractivity contribution in [2.45, 2.75) is 19.8 Å². The van der Waals surface area contributed by atoms with E-state index in [-0.39, 0.29) is 0 Å². The lowest BCUT2D eigenvalue weighted by Gasteiger charge is -2.04. The van der Waals surface area contributed by atoms with Gasteiger partial charge in [0.25, 0.3) is 5.89 Å². The zero-order valence-corrected chi connectivity index (χ0v) is 15.1. The van der Waals surface area contributed by atoms with Gasteiger partial charge in [-0.25, -0.2) is 0 Å². The monoisotopic (exact) mass is 354 g/mol. The van der Waals surface area contributed by atoms with E-state index in [1.807, 2.05) is 6.08 Å². The third-order valence-electron chi connectivity index (χ3n) is 3.87. The van der Waals surface area contributed by atoms with Crippen molar-refractivity contribution in [1.82, 2.24) is 10.1 Å². The molecule has 4 nitrogen and oxygen atoms in total. The molecular weight excluding hydrogens is 336 g/mol. The maximum absolute atomic E-state index is 6.05. The fraction of sp³-hybridized carbons (Fsp3) is 0.200. The third kappa shape index (κ3) is 4.09. The van der Waals surface area contributed by atoms with Crippen LogP contribution in [0.25, 0.3) is 23.5 Å².